The third kappa shape index (κ3) is 5.21. The molecule has 27 heavy (non-hydrogen) atoms. The maximum Gasteiger partial charge on any atom is 0.247 e. The molecule has 2 aromatic carbocycles. The highest BCUT2D eigenvalue weighted by Crippen LogP contribution is 2.25. The number of anilines is 2. The van der Waals surface area contributed by atoms with Crippen LogP contribution in [0.15, 0.2) is 48.5 Å². The summed E-state index contributed by atoms with van der Waals surface area (Å²) in [5.41, 5.74) is 1.69. The number of carbonyl (C=O) groups is 1. The van der Waals surface area contributed by atoms with Crippen molar-refractivity contribution in [2.45, 2.75) is 19.4 Å². The van der Waals surface area contributed by atoms with Gasteiger partial charge in [-0.1, -0.05) is 18.2 Å². The fourth-order valence-electron chi connectivity index (χ4n) is 2.60. The van der Waals surface area contributed by atoms with E-state index in [1.807, 2.05) is 0 Å². The minimum atomic E-state index is -3.71. The average molecular weight is 387 g/mol. The van der Waals surface area contributed by atoms with Crippen LogP contribution in [0.4, 0.5) is 11.4 Å². The van der Waals surface area contributed by atoms with Crippen LogP contribution < -0.4 is 14.4 Å². The van der Waals surface area contributed by atoms with Gasteiger partial charge in [-0.25, -0.2) is 8.42 Å². The fourth-order valence-corrected chi connectivity index (χ4v) is 3.77. The third-order valence-corrected chi connectivity index (χ3v) is 5.14. The van der Waals surface area contributed by atoms with E-state index in [2.05, 4.69) is 11.4 Å². The molecular formula is C19H21N3O4S. The van der Waals surface area contributed by atoms with Crippen LogP contribution in [0.1, 0.15) is 12.5 Å². The van der Waals surface area contributed by atoms with Gasteiger partial charge in [-0.3, -0.25) is 9.10 Å². The minimum absolute atomic E-state index is 0.280. The van der Waals surface area contributed by atoms with Gasteiger partial charge < -0.3 is 10.1 Å². The van der Waals surface area contributed by atoms with Crippen LogP contribution in [0.5, 0.6) is 5.75 Å². The molecule has 0 heterocycles. The summed E-state index contributed by atoms with van der Waals surface area (Å²) < 4.78 is 30.8. The summed E-state index contributed by atoms with van der Waals surface area (Å²) in [6.45, 7) is 1.51. The van der Waals surface area contributed by atoms with Crippen LogP contribution >= 0.6 is 0 Å². The molecule has 8 heteroatoms. The van der Waals surface area contributed by atoms with Crippen molar-refractivity contribution < 1.29 is 17.9 Å². The molecule has 0 spiro atoms. The smallest absolute Gasteiger partial charge is 0.247 e. The second-order valence-electron chi connectivity index (χ2n) is 5.96. The summed E-state index contributed by atoms with van der Waals surface area (Å²) in [6.07, 6.45) is 1.33. The molecule has 1 amide bonds. The van der Waals surface area contributed by atoms with E-state index < -0.39 is 22.0 Å². The van der Waals surface area contributed by atoms with E-state index in [4.69, 9.17) is 10.00 Å². The van der Waals surface area contributed by atoms with Crippen LogP contribution in [0, 0.1) is 11.3 Å². The lowest BCUT2D eigenvalue weighted by Gasteiger charge is -2.28. The summed E-state index contributed by atoms with van der Waals surface area (Å²) in [6, 6.07) is 14.4. The molecule has 0 saturated heterocycles. The summed E-state index contributed by atoms with van der Waals surface area (Å²) in [5, 5.41) is 11.4. The molecule has 1 atom stereocenters. The predicted octanol–water partition coefficient (Wildman–Crippen LogP) is 2.55. The number of carbonyl (C=O) groups excluding carboxylic acids is 1. The number of rotatable bonds is 7. The van der Waals surface area contributed by atoms with Gasteiger partial charge in [0, 0.05) is 11.8 Å². The molecule has 0 fully saturated rings. The molecule has 0 aliphatic heterocycles. The zero-order valence-electron chi connectivity index (χ0n) is 15.3. The molecule has 0 aliphatic carbocycles. The number of sulfonamides is 1. The first-order valence-electron chi connectivity index (χ1n) is 8.16. The van der Waals surface area contributed by atoms with Crippen molar-refractivity contribution >= 4 is 27.3 Å². The Balaban J connectivity index is 2.25. The van der Waals surface area contributed by atoms with Crippen LogP contribution in [0.3, 0.4) is 0 Å². The molecule has 0 bridgehead atoms. The van der Waals surface area contributed by atoms with Gasteiger partial charge in [0.25, 0.3) is 0 Å². The second kappa shape index (κ2) is 8.56. The number of hydrogen-bond donors (Lipinski definition) is 1. The molecule has 142 valence electrons. The van der Waals surface area contributed by atoms with Crippen molar-refractivity contribution in [3.8, 4) is 11.8 Å². The maximum atomic E-state index is 12.6. The van der Waals surface area contributed by atoms with E-state index in [0.717, 1.165) is 16.1 Å². The van der Waals surface area contributed by atoms with Crippen molar-refractivity contribution in [3.05, 3.63) is 54.1 Å². The number of benzene rings is 2. The van der Waals surface area contributed by atoms with Crippen LogP contribution in [-0.4, -0.2) is 33.7 Å². The summed E-state index contributed by atoms with van der Waals surface area (Å²) >= 11 is 0. The van der Waals surface area contributed by atoms with E-state index in [0.29, 0.717) is 17.1 Å². The van der Waals surface area contributed by atoms with E-state index in [1.54, 1.807) is 48.5 Å². The Bertz CT molecular complexity index is 950. The number of methoxy groups -OCH3 is 1. The molecule has 1 N–H and O–H groups in total. The Kier molecular flexibility index (Phi) is 6.42. The zero-order chi connectivity index (χ0) is 20.0. The number of ether oxygens (including phenoxy) is 1. The van der Waals surface area contributed by atoms with Crippen molar-refractivity contribution in [3.63, 3.8) is 0 Å². The van der Waals surface area contributed by atoms with Gasteiger partial charge in [0.05, 0.1) is 31.5 Å². The lowest BCUT2D eigenvalue weighted by molar-refractivity contribution is -0.116. The molecular weight excluding hydrogens is 366 g/mol. The largest absolute Gasteiger partial charge is 0.497 e. The van der Waals surface area contributed by atoms with Crippen molar-refractivity contribution in [1.29, 1.82) is 5.26 Å². The van der Waals surface area contributed by atoms with Gasteiger partial charge in [-0.2, -0.15) is 5.26 Å². The van der Waals surface area contributed by atoms with E-state index in [-0.39, 0.29) is 6.42 Å². The third-order valence-electron chi connectivity index (χ3n) is 3.90. The molecule has 0 aliphatic rings. The molecule has 0 aromatic heterocycles. The van der Waals surface area contributed by atoms with Crippen molar-refractivity contribution in [2.75, 3.05) is 23.0 Å². The van der Waals surface area contributed by atoms with Crippen LogP contribution in [-0.2, 0) is 21.2 Å². The summed E-state index contributed by atoms with van der Waals surface area (Å²) in [4.78, 5) is 12.6. The average Bonchev–Trinajstić information content (AvgIpc) is 2.62. The van der Waals surface area contributed by atoms with Crippen molar-refractivity contribution in [2.24, 2.45) is 0 Å². The lowest BCUT2D eigenvalue weighted by atomic mass is 10.1. The van der Waals surface area contributed by atoms with E-state index >= 15 is 0 Å². The quantitative estimate of drug-likeness (QED) is 0.787. The second-order valence-corrected chi connectivity index (χ2v) is 7.82. The van der Waals surface area contributed by atoms with Gasteiger partial charge in [-0.05, 0) is 36.8 Å². The van der Waals surface area contributed by atoms with Gasteiger partial charge in [0.1, 0.15) is 11.8 Å². The molecule has 7 nitrogen and oxygen atoms in total. The molecule has 0 saturated carbocycles. The van der Waals surface area contributed by atoms with Crippen molar-refractivity contribution in [1.82, 2.24) is 0 Å². The van der Waals surface area contributed by atoms with E-state index in [9.17, 15) is 13.2 Å². The molecule has 2 aromatic rings. The predicted molar refractivity (Wildman–Crippen MR) is 104 cm³/mol. The van der Waals surface area contributed by atoms with Gasteiger partial charge in [0.15, 0.2) is 0 Å². The normalized spacial score (nSPS) is 11.9. The Hall–Kier alpha value is -3.05. The zero-order valence-corrected chi connectivity index (χ0v) is 16.2. The number of amides is 1. The highest BCUT2D eigenvalue weighted by atomic mass is 32.2. The SMILES string of the molecule is COc1cccc(N(C(C)C(=O)Nc2ccc(CC#N)cc2)S(C)(=O)=O)c1. The molecule has 0 radical (unpaired) electrons. The Morgan fingerprint density at radius 1 is 1.26 bits per heavy atom. The monoisotopic (exact) mass is 387 g/mol. The highest BCUT2D eigenvalue weighted by molar-refractivity contribution is 7.92. The lowest BCUT2D eigenvalue weighted by Crippen LogP contribution is -2.45. The minimum Gasteiger partial charge on any atom is -0.497 e. The number of nitriles is 1. The maximum absolute atomic E-state index is 12.6. The Morgan fingerprint density at radius 3 is 2.48 bits per heavy atom. The molecule has 1 unspecified atom stereocenters. The first-order chi connectivity index (χ1) is 12.8. The fraction of sp³-hybridized carbons (Fsp3) is 0.263. The van der Waals surface area contributed by atoms with Gasteiger partial charge in [0.2, 0.25) is 15.9 Å². The standard InChI is InChI=1S/C19H21N3O4S/c1-14(19(23)21-16-9-7-15(8-10-16)11-12-20)22(27(3,24)25)17-5-4-6-18(13-17)26-2/h4-10,13-14H,11H2,1-3H3,(H,21,23). The van der Waals surface area contributed by atoms with Crippen LogP contribution in [0.2, 0.25) is 0 Å². The number of nitrogens with zero attached hydrogens (tertiary/aromatic N) is 2. The number of hydrogen-bond acceptors (Lipinski definition) is 5. The number of nitrogens with one attached hydrogen (secondary N) is 1. The Morgan fingerprint density at radius 2 is 1.93 bits per heavy atom. The summed E-state index contributed by atoms with van der Waals surface area (Å²) in [7, 11) is -2.23. The Labute approximate surface area is 159 Å². The van der Waals surface area contributed by atoms with Gasteiger partial charge in [-0.15, -0.1) is 0 Å². The van der Waals surface area contributed by atoms with Crippen LogP contribution in [0.25, 0.3) is 0 Å². The van der Waals surface area contributed by atoms with Gasteiger partial charge >= 0.3 is 0 Å². The topological polar surface area (TPSA) is 99.5 Å². The first kappa shape index (κ1) is 20.3. The highest BCUT2D eigenvalue weighted by Gasteiger charge is 2.29. The summed E-state index contributed by atoms with van der Waals surface area (Å²) in [5.74, 6) is 0.0121. The molecule has 2 rings (SSSR count). The van der Waals surface area contributed by atoms with E-state index in [1.165, 1.54) is 14.0 Å². The first-order valence-corrected chi connectivity index (χ1v) is 10.0.